The molecule has 2 unspecified atom stereocenters. The second-order valence-corrected chi connectivity index (χ2v) is 8.22. The molecule has 0 saturated carbocycles. The molecule has 0 bridgehead atoms. The molecule has 2 N–H and O–H groups in total. The minimum Gasteiger partial charge on any atom is -0.385 e. The minimum absolute atomic E-state index is 0.286. The second-order valence-electron chi connectivity index (χ2n) is 8.22. The van der Waals surface area contributed by atoms with Crippen LogP contribution in [0.25, 0.3) is 0 Å². The number of hydrogen-bond donors (Lipinski definition) is 2. The van der Waals surface area contributed by atoms with Gasteiger partial charge in [0.05, 0.1) is 11.2 Å². The van der Waals surface area contributed by atoms with Crippen molar-refractivity contribution in [3.05, 3.63) is 69.8 Å². The highest BCUT2D eigenvalue weighted by Gasteiger charge is 2.39. The summed E-state index contributed by atoms with van der Waals surface area (Å²) in [5.41, 5.74) is 4.19. The minimum atomic E-state index is -1.10. The van der Waals surface area contributed by atoms with Crippen LogP contribution in [0.3, 0.4) is 0 Å². The van der Waals surface area contributed by atoms with Gasteiger partial charge in [-0.2, -0.15) is 0 Å². The Kier molecular flexibility index (Phi) is 6.31. The quantitative estimate of drug-likeness (QED) is 0.680. The molecule has 0 aromatic heterocycles. The Bertz CT molecular complexity index is 761. The monoisotopic (exact) mass is 354 g/mol. The average molecular weight is 355 g/mol. The van der Waals surface area contributed by atoms with E-state index in [9.17, 15) is 10.2 Å². The number of hydrogen-bond acceptors (Lipinski definition) is 2. The van der Waals surface area contributed by atoms with E-state index in [0.29, 0.717) is 6.42 Å². The SMILES string of the molecule is CCCCC(O)(CC(C)(O)c1ccc(C)cc1C)c1ccc(C)cc1C. The Morgan fingerprint density at radius 2 is 1.31 bits per heavy atom. The van der Waals surface area contributed by atoms with Gasteiger partial charge in [0.25, 0.3) is 0 Å². The van der Waals surface area contributed by atoms with Crippen LogP contribution >= 0.6 is 0 Å². The molecule has 0 fully saturated rings. The van der Waals surface area contributed by atoms with Crippen LogP contribution in [0.4, 0.5) is 0 Å². The Labute approximate surface area is 158 Å². The molecule has 0 aliphatic carbocycles. The molecular weight excluding hydrogens is 320 g/mol. The van der Waals surface area contributed by atoms with E-state index in [1.165, 1.54) is 11.1 Å². The number of unbranched alkanes of at least 4 members (excludes halogenated alkanes) is 1. The predicted octanol–water partition coefficient (Wildman–Crippen LogP) is 5.60. The zero-order valence-corrected chi connectivity index (χ0v) is 17.2. The maximum Gasteiger partial charge on any atom is 0.0929 e. The summed E-state index contributed by atoms with van der Waals surface area (Å²) < 4.78 is 0. The lowest BCUT2D eigenvalue weighted by atomic mass is 9.75. The standard InChI is InChI=1S/C24H34O2/c1-7-8-13-24(26,22-12-10-18(3)15-20(22)5)16-23(6,25)21-11-9-17(2)14-19(21)4/h9-12,14-15,25-26H,7-8,13,16H2,1-6H3. The number of aryl methyl sites for hydroxylation is 4. The van der Waals surface area contributed by atoms with Crippen molar-refractivity contribution >= 4 is 0 Å². The Morgan fingerprint density at radius 1 is 0.808 bits per heavy atom. The molecule has 2 aromatic carbocycles. The lowest BCUT2D eigenvalue weighted by molar-refractivity contribution is -0.0693. The third kappa shape index (κ3) is 4.55. The van der Waals surface area contributed by atoms with Gasteiger partial charge in [-0.05, 0) is 63.3 Å². The van der Waals surface area contributed by atoms with Crippen LogP contribution in [-0.4, -0.2) is 10.2 Å². The topological polar surface area (TPSA) is 40.5 Å². The first-order valence-corrected chi connectivity index (χ1v) is 9.69. The highest BCUT2D eigenvalue weighted by molar-refractivity contribution is 5.38. The van der Waals surface area contributed by atoms with Gasteiger partial charge in [0.1, 0.15) is 0 Å². The normalized spacial score (nSPS) is 16.2. The molecule has 142 valence electrons. The van der Waals surface area contributed by atoms with Gasteiger partial charge in [-0.25, -0.2) is 0 Å². The summed E-state index contributed by atoms with van der Waals surface area (Å²) >= 11 is 0. The van der Waals surface area contributed by atoms with Crippen LogP contribution in [0.2, 0.25) is 0 Å². The van der Waals surface area contributed by atoms with E-state index in [1.54, 1.807) is 0 Å². The van der Waals surface area contributed by atoms with Crippen LogP contribution in [0, 0.1) is 27.7 Å². The summed E-state index contributed by atoms with van der Waals surface area (Å²) in [4.78, 5) is 0. The third-order valence-corrected chi connectivity index (χ3v) is 5.43. The van der Waals surface area contributed by atoms with Crippen LogP contribution < -0.4 is 0 Å². The van der Waals surface area contributed by atoms with Gasteiger partial charge in [-0.15, -0.1) is 0 Å². The van der Waals surface area contributed by atoms with Crippen molar-refractivity contribution in [3.8, 4) is 0 Å². The molecule has 0 radical (unpaired) electrons. The van der Waals surface area contributed by atoms with E-state index in [0.717, 1.165) is 35.1 Å². The van der Waals surface area contributed by atoms with Crippen LogP contribution in [0.5, 0.6) is 0 Å². The van der Waals surface area contributed by atoms with E-state index in [4.69, 9.17) is 0 Å². The molecule has 2 aromatic rings. The first-order chi connectivity index (χ1) is 12.1. The first-order valence-electron chi connectivity index (χ1n) is 9.69. The summed E-state index contributed by atoms with van der Waals surface area (Å²) in [5.74, 6) is 0. The van der Waals surface area contributed by atoms with Gasteiger partial charge in [0.2, 0.25) is 0 Å². The first kappa shape index (κ1) is 20.7. The molecule has 0 amide bonds. The summed E-state index contributed by atoms with van der Waals surface area (Å²) in [5, 5.41) is 23.0. The zero-order chi connectivity index (χ0) is 19.5. The molecule has 2 nitrogen and oxygen atoms in total. The molecule has 0 aliphatic heterocycles. The lowest BCUT2D eigenvalue weighted by Crippen LogP contribution is -2.37. The number of rotatable bonds is 7. The Hall–Kier alpha value is -1.64. The van der Waals surface area contributed by atoms with Crippen molar-refractivity contribution in [2.45, 2.75) is 78.4 Å². The van der Waals surface area contributed by atoms with E-state index < -0.39 is 11.2 Å². The Balaban J connectivity index is 2.46. The van der Waals surface area contributed by atoms with Crippen molar-refractivity contribution in [3.63, 3.8) is 0 Å². The van der Waals surface area contributed by atoms with Crippen molar-refractivity contribution in [2.24, 2.45) is 0 Å². The van der Waals surface area contributed by atoms with Gasteiger partial charge in [-0.1, -0.05) is 67.3 Å². The third-order valence-electron chi connectivity index (χ3n) is 5.43. The van der Waals surface area contributed by atoms with Crippen molar-refractivity contribution in [1.29, 1.82) is 0 Å². The molecule has 0 heterocycles. The smallest absolute Gasteiger partial charge is 0.0929 e. The predicted molar refractivity (Wildman–Crippen MR) is 109 cm³/mol. The molecule has 26 heavy (non-hydrogen) atoms. The van der Waals surface area contributed by atoms with Gasteiger partial charge in [-0.3, -0.25) is 0 Å². The van der Waals surface area contributed by atoms with E-state index in [2.05, 4.69) is 32.9 Å². The van der Waals surface area contributed by atoms with Crippen molar-refractivity contribution in [2.75, 3.05) is 0 Å². The zero-order valence-electron chi connectivity index (χ0n) is 17.2. The Morgan fingerprint density at radius 3 is 1.77 bits per heavy atom. The summed E-state index contributed by atoms with van der Waals surface area (Å²) in [6.45, 7) is 12.1. The van der Waals surface area contributed by atoms with Crippen LogP contribution in [0.1, 0.15) is 72.9 Å². The number of benzene rings is 2. The summed E-state index contributed by atoms with van der Waals surface area (Å²) in [7, 11) is 0. The van der Waals surface area contributed by atoms with Crippen molar-refractivity contribution < 1.29 is 10.2 Å². The molecule has 2 heteroatoms. The van der Waals surface area contributed by atoms with E-state index >= 15 is 0 Å². The van der Waals surface area contributed by atoms with E-state index in [1.807, 2.05) is 45.0 Å². The summed E-state index contributed by atoms with van der Waals surface area (Å²) in [6.07, 6.45) is 2.87. The molecule has 0 spiro atoms. The van der Waals surface area contributed by atoms with E-state index in [-0.39, 0.29) is 6.42 Å². The maximum absolute atomic E-state index is 11.7. The second kappa shape index (κ2) is 7.94. The van der Waals surface area contributed by atoms with Crippen LogP contribution in [0.15, 0.2) is 36.4 Å². The fourth-order valence-electron chi connectivity index (χ4n) is 4.21. The van der Waals surface area contributed by atoms with Gasteiger partial charge in [0, 0.05) is 6.42 Å². The molecular formula is C24H34O2. The number of aliphatic hydroxyl groups is 2. The maximum atomic E-state index is 11.7. The van der Waals surface area contributed by atoms with Gasteiger partial charge >= 0.3 is 0 Å². The van der Waals surface area contributed by atoms with Gasteiger partial charge < -0.3 is 10.2 Å². The average Bonchev–Trinajstić information content (AvgIpc) is 2.51. The van der Waals surface area contributed by atoms with Crippen molar-refractivity contribution in [1.82, 2.24) is 0 Å². The largest absolute Gasteiger partial charge is 0.385 e. The highest BCUT2D eigenvalue weighted by atomic mass is 16.3. The van der Waals surface area contributed by atoms with Gasteiger partial charge in [0.15, 0.2) is 0 Å². The molecule has 2 atom stereocenters. The van der Waals surface area contributed by atoms with Crippen LogP contribution in [-0.2, 0) is 11.2 Å². The summed E-state index contributed by atoms with van der Waals surface area (Å²) in [6, 6.07) is 12.3. The lowest BCUT2D eigenvalue weighted by Gasteiger charge is -2.38. The molecule has 2 rings (SSSR count). The molecule has 0 aliphatic rings. The fourth-order valence-corrected chi connectivity index (χ4v) is 4.21. The fraction of sp³-hybridized carbons (Fsp3) is 0.500. The highest BCUT2D eigenvalue weighted by Crippen LogP contribution is 2.41. The molecule has 0 saturated heterocycles.